The molecule has 3 aliphatic rings. The minimum absolute atomic E-state index is 0.0659. The molecule has 5 rings (SSSR count). The van der Waals surface area contributed by atoms with Crippen LogP contribution in [0.25, 0.3) is 0 Å². The van der Waals surface area contributed by atoms with Gasteiger partial charge in [0.1, 0.15) is 6.04 Å². The molecule has 3 atom stereocenters. The SMILES string of the molecule is COC(=O)[C@H](Cc1cn(Cc2ccccc2)cn1)NC(=O)C1CCN(C23C=CC=C(C)C2C3)CC1. The summed E-state index contributed by atoms with van der Waals surface area (Å²) >= 11 is 0. The molecular formula is C28H34N4O3. The monoisotopic (exact) mass is 474 g/mol. The first-order chi connectivity index (χ1) is 17.0. The van der Waals surface area contributed by atoms with Crippen molar-refractivity contribution in [3.63, 3.8) is 0 Å². The normalized spacial score (nSPS) is 24.9. The van der Waals surface area contributed by atoms with E-state index in [-0.39, 0.29) is 17.4 Å². The fraction of sp³-hybridized carbons (Fsp3) is 0.464. The lowest BCUT2D eigenvalue weighted by Crippen LogP contribution is -2.50. The maximum Gasteiger partial charge on any atom is 0.328 e. The molecule has 2 unspecified atom stereocenters. The summed E-state index contributed by atoms with van der Waals surface area (Å²) < 4.78 is 6.97. The highest BCUT2D eigenvalue weighted by Crippen LogP contribution is 2.56. The second-order valence-corrected chi connectivity index (χ2v) is 10.1. The first-order valence-electron chi connectivity index (χ1n) is 12.5. The summed E-state index contributed by atoms with van der Waals surface area (Å²) in [4.78, 5) is 32.6. The van der Waals surface area contributed by atoms with Gasteiger partial charge in [-0.2, -0.15) is 0 Å². The Morgan fingerprint density at radius 2 is 2.00 bits per heavy atom. The van der Waals surface area contributed by atoms with Crippen LogP contribution < -0.4 is 5.32 Å². The molecule has 0 radical (unpaired) electrons. The van der Waals surface area contributed by atoms with Gasteiger partial charge in [-0.05, 0) is 44.8 Å². The number of nitrogens with one attached hydrogen (secondary N) is 1. The van der Waals surface area contributed by atoms with E-state index in [1.165, 1.54) is 24.7 Å². The number of hydrogen-bond donors (Lipinski definition) is 1. The topological polar surface area (TPSA) is 76.5 Å². The van der Waals surface area contributed by atoms with Crippen LogP contribution in [0, 0.1) is 11.8 Å². The van der Waals surface area contributed by atoms with Gasteiger partial charge in [-0.1, -0.05) is 54.1 Å². The number of carbonyl (C=O) groups excluding carboxylic acids is 2. The molecule has 7 nitrogen and oxygen atoms in total. The lowest BCUT2D eigenvalue weighted by molar-refractivity contribution is -0.145. The van der Waals surface area contributed by atoms with E-state index < -0.39 is 12.0 Å². The standard InChI is InChI=1S/C28H34N4O3/c1-20-7-6-12-28(16-24(20)28)32-13-10-22(11-14-32)26(33)30-25(27(34)35-2)15-23-18-31(19-29-23)17-21-8-4-3-5-9-21/h3-9,12,18-19,22,24-25H,10-11,13-17H2,1-2H3,(H,30,33)/t24?,25-,28?/m0/s1. The number of amides is 1. The Hall–Kier alpha value is -3.19. The maximum absolute atomic E-state index is 13.1. The van der Waals surface area contributed by atoms with Gasteiger partial charge in [0, 0.05) is 36.5 Å². The molecule has 1 aromatic heterocycles. The number of rotatable bonds is 8. The molecule has 1 saturated carbocycles. The molecule has 35 heavy (non-hydrogen) atoms. The number of hydrogen-bond acceptors (Lipinski definition) is 5. The molecule has 2 fully saturated rings. The van der Waals surface area contributed by atoms with E-state index in [9.17, 15) is 9.59 Å². The quantitative estimate of drug-likeness (QED) is 0.595. The Morgan fingerprint density at radius 1 is 1.23 bits per heavy atom. The van der Waals surface area contributed by atoms with Gasteiger partial charge in [0.2, 0.25) is 5.91 Å². The van der Waals surface area contributed by atoms with Crippen LogP contribution in [0.1, 0.15) is 37.4 Å². The van der Waals surface area contributed by atoms with Gasteiger partial charge in [0.25, 0.3) is 0 Å². The van der Waals surface area contributed by atoms with Crippen LogP contribution >= 0.6 is 0 Å². The maximum atomic E-state index is 13.1. The second-order valence-electron chi connectivity index (χ2n) is 10.1. The van der Waals surface area contributed by atoms with E-state index in [0.717, 1.165) is 31.6 Å². The molecule has 184 valence electrons. The minimum atomic E-state index is -0.744. The largest absolute Gasteiger partial charge is 0.467 e. The third kappa shape index (κ3) is 4.96. The molecule has 2 aliphatic carbocycles. The lowest BCUT2D eigenvalue weighted by atomic mass is 9.92. The molecule has 2 aromatic rings. The van der Waals surface area contributed by atoms with Crippen LogP contribution in [0.15, 0.2) is 66.7 Å². The van der Waals surface area contributed by atoms with Crippen LogP contribution in [-0.4, -0.2) is 58.1 Å². The Morgan fingerprint density at radius 3 is 2.74 bits per heavy atom. The van der Waals surface area contributed by atoms with E-state index in [2.05, 4.69) is 52.5 Å². The summed E-state index contributed by atoms with van der Waals surface area (Å²) in [6, 6.07) is 9.39. The van der Waals surface area contributed by atoms with Crippen molar-refractivity contribution < 1.29 is 14.3 Å². The molecular weight excluding hydrogens is 440 g/mol. The number of esters is 1. The smallest absolute Gasteiger partial charge is 0.328 e. The van der Waals surface area contributed by atoms with Crippen molar-refractivity contribution >= 4 is 11.9 Å². The number of carbonyl (C=O) groups is 2. The summed E-state index contributed by atoms with van der Waals surface area (Å²) in [7, 11) is 1.35. The van der Waals surface area contributed by atoms with Gasteiger partial charge in [0.15, 0.2) is 0 Å². The number of nitrogens with zero attached hydrogens (tertiary/aromatic N) is 3. The second kappa shape index (κ2) is 9.82. The average molecular weight is 475 g/mol. The van der Waals surface area contributed by atoms with Crippen LogP contribution in [0.3, 0.4) is 0 Å². The molecule has 1 aliphatic heterocycles. The number of benzene rings is 1. The highest BCUT2D eigenvalue weighted by atomic mass is 16.5. The van der Waals surface area contributed by atoms with E-state index in [0.29, 0.717) is 18.9 Å². The van der Waals surface area contributed by atoms with Gasteiger partial charge in [0.05, 0.1) is 19.1 Å². The zero-order valence-electron chi connectivity index (χ0n) is 20.5. The van der Waals surface area contributed by atoms with Crippen molar-refractivity contribution in [2.75, 3.05) is 20.2 Å². The van der Waals surface area contributed by atoms with Gasteiger partial charge in [-0.15, -0.1) is 0 Å². The number of fused-ring (bicyclic) bond motifs is 1. The molecule has 1 amide bonds. The molecule has 1 N–H and O–H groups in total. The molecule has 2 heterocycles. The summed E-state index contributed by atoms with van der Waals surface area (Å²) in [5, 5.41) is 2.96. The number of likely N-dealkylation sites (tertiary alicyclic amines) is 1. The number of allylic oxidation sites excluding steroid dienone is 2. The Bertz CT molecular complexity index is 1130. The summed E-state index contributed by atoms with van der Waals surface area (Å²) in [6.45, 7) is 4.72. The van der Waals surface area contributed by atoms with Crippen molar-refractivity contribution in [1.29, 1.82) is 0 Å². The Labute approximate surface area is 206 Å². The van der Waals surface area contributed by atoms with Gasteiger partial charge in [-0.25, -0.2) is 9.78 Å². The van der Waals surface area contributed by atoms with Crippen LogP contribution in [-0.2, 0) is 27.3 Å². The lowest BCUT2D eigenvalue weighted by Gasteiger charge is -2.38. The van der Waals surface area contributed by atoms with Crippen molar-refractivity contribution in [3.05, 3.63) is 77.9 Å². The van der Waals surface area contributed by atoms with E-state index in [1.54, 1.807) is 6.33 Å². The highest BCUT2D eigenvalue weighted by Gasteiger charge is 2.57. The third-order valence-electron chi connectivity index (χ3n) is 7.83. The van der Waals surface area contributed by atoms with Crippen molar-refractivity contribution in [3.8, 4) is 0 Å². The van der Waals surface area contributed by atoms with Crippen molar-refractivity contribution in [2.24, 2.45) is 11.8 Å². The number of aromatic nitrogens is 2. The van der Waals surface area contributed by atoms with Gasteiger partial charge in [-0.3, -0.25) is 9.69 Å². The fourth-order valence-electron chi connectivity index (χ4n) is 5.73. The summed E-state index contributed by atoms with van der Waals surface area (Å²) in [5.41, 5.74) is 3.55. The predicted octanol–water partition coefficient (Wildman–Crippen LogP) is 3.12. The van der Waals surface area contributed by atoms with Crippen molar-refractivity contribution in [2.45, 2.75) is 50.7 Å². The minimum Gasteiger partial charge on any atom is -0.467 e. The number of imidazole rings is 1. The zero-order chi connectivity index (χ0) is 24.4. The van der Waals surface area contributed by atoms with Crippen LogP contribution in [0.4, 0.5) is 0 Å². The summed E-state index contributed by atoms with van der Waals surface area (Å²) in [6.07, 6.45) is 13.5. The van der Waals surface area contributed by atoms with Crippen LogP contribution in [0.5, 0.6) is 0 Å². The molecule has 0 bridgehead atoms. The molecule has 1 saturated heterocycles. The average Bonchev–Trinajstić information content (AvgIpc) is 3.51. The first kappa shape index (κ1) is 23.5. The number of ether oxygens (including phenoxy) is 1. The molecule has 7 heteroatoms. The van der Waals surface area contributed by atoms with Gasteiger partial charge < -0.3 is 14.6 Å². The Balaban J connectivity index is 1.16. The van der Waals surface area contributed by atoms with Crippen LogP contribution in [0.2, 0.25) is 0 Å². The van der Waals surface area contributed by atoms with Crippen molar-refractivity contribution in [1.82, 2.24) is 19.8 Å². The van der Waals surface area contributed by atoms with E-state index in [4.69, 9.17) is 4.74 Å². The van der Waals surface area contributed by atoms with Gasteiger partial charge >= 0.3 is 5.97 Å². The Kier molecular flexibility index (Phi) is 6.60. The third-order valence-corrected chi connectivity index (χ3v) is 7.83. The van der Waals surface area contributed by atoms with E-state index in [1.807, 2.05) is 29.0 Å². The predicted molar refractivity (Wildman–Crippen MR) is 133 cm³/mol. The fourth-order valence-corrected chi connectivity index (χ4v) is 5.73. The highest BCUT2D eigenvalue weighted by molar-refractivity contribution is 5.86. The number of methoxy groups -OCH3 is 1. The first-order valence-corrected chi connectivity index (χ1v) is 12.5. The molecule has 0 spiro atoms. The zero-order valence-corrected chi connectivity index (χ0v) is 20.5. The molecule has 1 aromatic carbocycles. The number of piperidine rings is 1. The summed E-state index contributed by atoms with van der Waals surface area (Å²) in [5.74, 6) is 0.0294. The van der Waals surface area contributed by atoms with E-state index >= 15 is 0 Å².